The second-order valence-electron chi connectivity index (χ2n) is 34.3. The van der Waals surface area contributed by atoms with Crippen molar-refractivity contribution in [2.45, 2.75) is 233 Å². The molecule has 6 aromatic rings. The van der Waals surface area contributed by atoms with E-state index in [1.54, 1.807) is 79.0 Å². The number of H-pyrrole nitrogens is 3. The summed E-state index contributed by atoms with van der Waals surface area (Å²) in [5.41, 5.74) is 14.1. The number of carbonyl (C=O) groups is 19. The largest absolute Gasteiger partial charge is 0.497 e. The van der Waals surface area contributed by atoms with E-state index >= 15 is 38.4 Å². The number of nitrogens with one attached hydrogen (secondary N) is 13. The molecule has 15 atom stereocenters. The van der Waals surface area contributed by atoms with E-state index in [0.29, 0.717) is 69.9 Å². The number of nitrogens with two attached hydrogens (primary N) is 2. The Morgan fingerprint density at radius 1 is 0.526 bits per heavy atom. The Bertz CT molecular complexity index is 5320. The zero-order chi connectivity index (χ0) is 100. The van der Waals surface area contributed by atoms with E-state index in [-0.39, 0.29) is 70.2 Å². The van der Waals surface area contributed by atoms with E-state index in [9.17, 15) is 73.2 Å². The topological polar surface area (TPSA) is 663 Å². The summed E-state index contributed by atoms with van der Waals surface area (Å²) in [5.74, 6) is -21.7. The van der Waals surface area contributed by atoms with Crippen LogP contribution in [0.15, 0.2) is 97.7 Å². The molecule has 137 heavy (non-hydrogen) atoms. The number of benzene rings is 3. The van der Waals surface area contributed by atoms with Crippen LogP contribution in [0.4, 0.5) is 0 Å². The average molecular weight is 1930 g/mol. The highest BCUT2D eigenvalue weighted by Crippen LogP contribution is 2.28. The number of thioether (sulfide) groups is 1. The molecule has 3 aromatic heterocycles. The fourth-order valence-electron chi connectivity index (χ4n) is 16.7. The Hall–Kier alpha value is -14.1. The third kappa shape index (κ3) is 29.7. The standard InChI is InChI=1S/C91H123N21O24S/c1-8-10-23-69-84(128)100-60(22-16-32-92)80(124)107-68(79(123)97-44-73(93)114)46-137-47-74(115)99-65(34-50-26-28-55(136-7)29-27-50)87(131)108(4)49(3)78(122)105-67(40-77(120)121)90(134)111-33-17-25-70(111)85(129)104-63(37-53-43-94-48-98-53)82(126)101-61(30-31-75(116)117)89(133)112-45-54(113)38-72(112)86(130)103-62(35-51-41-95-58-20-14-12-18-56(51)58)81(125)102-64(39-76(118)119)83(127)106-66(36-52-42-96-59-21-15-13-19-57(52)59)88(132)110(6)71(24-11-9-2)91(135)109(69)5/h12-15,18-21,26-29,41-43,48-49,54,60-72,95-96,113H,8-11,16-17,22-25,30-40,44-47,92H2,1-7H3,(H2,93,114)(H,94,98)(H,97,123)(H,99,115)(H,100,128)(H,101,126)(H,102,125)(H,103,130)(H,104,129)(H,105,122)(H,106,127)(H,107,124)(H,116,117)(H,118,119)(H,120,121)/t49-,54+,60-,61-,62-,63-,64-,65-,66-,67-,68-,69-,70-,71-,72-/m0/s1. The van der Waals surface area contributed by atoms with E-state index in [1.165, 1.54) is 53.9 Å². The molecule has 3 aliphatic rings. The van der Waals surface area contributed by atoms with Crippen LogP contribution in [0.1, 0.15) is 139 Å². The Balaban J connectivity index is 1.11. The highest BCUT2D eigenvalue weighted by Gasteiger charge is 2.47. The molecule has 21 N–H and O–H groups in total. The minimum Gasteiger partial charge on any atom is -0.497 e. The number of likely N-dealkylation sites (N-methyl/N-ethyl adjacent to an activating group) is 3. The Kier molecular flexibility index (Phi) is 39.7. The minimum absolute atomic E-state index is 0.0210. The van der Waals surface area contributed by atoms with Crippen molar-refractivity contribution in [1.82, 2.24) is 97.6 Å². The summed E-state index contributed by atoms with van der Waals surface area (Å²) in [7, 11) is 5.23. The fourth-order valence-corrected chi connectivity index (χ4v) is 17.6. The zero-order valence-electron chi connectivity index (χ0n) is 77.3. The third-order valence-corrected chi connectivity index (χ3v) is 25.4. The van der Waals surface area contributed by atoms with Crippen molar-refractivity contribution in [3.63, 3.8) is 0 Å². The van der Waals surface area contributed by atoms with Crippen molar-refractivity contribution in [2.75, 3.05) is 65.9 Å². The van der Waals surface area contributed by atoms with Gasteiger partial charge in [-0.1, -0.05) is 88.1 Å². The van der Waals surface area contributed by atoms with Gasteiger partial charge in [0.2, 0.25) is 94.5 Å². The quantitative estimate of drug-likeness (QED) is 0.0247. The van der Waals surface area contributed by atoms with Crippen LogP contribution in [0.2, 0.25) is 0 Å². The number of hydrogen-bond donors (Lipinski definition) is 19. The predicted molar refractivity (Wildman–Crippen MR) is 495 cm³/mol. The molecule has 0 saturated carbocycles. The Morgan fingerprint density at radius 2 is 1.05 bits per heavy atom. The summed E-state index contributed by atoms with van der Waals surface area (Å²) < 4.78 is 5.33. The molecular formula is C91H123N21O24S. The first-order valence-corrected chi connectivity index (χ1v) is 46.5. The van der Waals surface area contributed by atoms with Crippen molar-refractivity contribution in [3.8, 4) is 5.75 Å². The molecule has 3 aliphatic heterocycles. The minimum atomic E-state index is -2.10. The maximum absolute atomic E-state index is 15.8. The van der Waals surface area contributed by atoms with Crippen LogP contribution >= 0.6 is 11.8 Å². The lowest BCUT2D eigenvalue weighted by Gasteiger charge is -2.36. The van der Waals surface area contributed by atoms with Gasteiger partial charge in [-0.2, -0.15) is 0 Å². The summed E-state index contributed by atoms with van der Waals surface area (Å²) >= 11 is 0.764. The lowest BCUT2D eigenvalue weighted by atomic mass is 9.99. The highest BCUT2D eigenvalue weighted by atomic mass is 32.2. The Morgan fingerprint density at radius 3 is 1.64 bits per heavy atom. The van der Waals surface area contributed by atoms with Crippen molar-refractivity contribution in [1.29, 1.82) is 0 Å². The number of carboxylic acids is 3. The first-order chi connectivity index (χ1) is 65.3. The van der Waals surface area contributed by atoms with Crippen molar-refractivity contribution >= 4 is 146 Å². The summed E-state index contributed by atoms with van der Waals surface area (Å²) in [6, 6.07) is -3.45. The van der Waals surface area contributed by atoms with E-state index in [1.807, 2.05) is 13.8 Å². The second-order valence-corrected chi connectivity index (χ2v) is 35.3. The number of primary amides is 1. The van der Waals surface area contributed by atoms with Gasteiger partial charge in [-0.05, 0) is 99.4 Å². The van der Waals surface area contributed by atoms with Gasteiger partial charge in [0.25, 0.3) is 0 Å². The molecule has 3 aromatic carbocycles. The van der Waals surface area contributed by atoms with E-state index < -0.39 is 273 Å². The molecule has 3 saturated heterocycles. The number of unbranched alkanes of at least 4 members (excludes halogenated alkanes) is 2. The normalized spacial score (nSPS) is 24.5. The first kappa shape index (κ1) is 107. The van der Waals surface area contributed by atoms with Gasteiger partial charge in [0.05, 0.1) is 44.7 Å². The molecule has 742 valence electrons. The predicted octanol–water partition coefficient (Wildman–Crippen LogP) is -2.25. The second kappa shape index (κ2) is 51.0. The molecule has 0 aliphatic carbocycles. The number of aliphatic hydroxyl groups excluding tert-OH is 1. The smallest absolute Gasteiger partial charge is 0.305 e. The molecule has 45 nitrogen and oxygen atoms in total. The number of fused-ring (bicyclic) bond motifs is 4. The number of ether oxygens (including phenoxy) is 1. The molecule has 0 unspecified atom stereocenters. The zero-order valence-corrected chi connectivity index (χ0v) is 78.1. The fraction of sp³-hybridized carbons (Fsp3) is 0.516. The van der Waals surface area contributed by atoms with Crippen molar-refractivity contribution in [2.24, 2.45) is 11.5 Å². The maximum atomic E-state index is 15.8. The molecule has 0 radical (unpaired) electrons. The van der Waals surface area contributed by atoms with Crippen LogP contribution in [0, 0.1) is 0 Å². The SMILES string of the molecule is CCCC[C@H]1C(=O)N(C)[C@@H](CCCC)C(=O)N[C@@H](CCCN)C(=O)N[C@H](C(=O)NCC(N)=O)CSCC(=O)N[C@@H](Cc2ccc(OC)cc2)C(=O)N(C)[C@@H](C)C(=O)N[C@@H](CC(=O)O)C(=O)N2CCC[C@H]2C(=O)N[C@@H](Cc2cnc[nH]2)C(=O)N[C@@H](CCC(=O)O)C(=O)N2C[C@H](O)C[C@H]2C(=O)N[C@@H](Cc2c[nH]c3ccccc23)C(=O)N[C@@H](CC(=O)O)C(=O)N[C@@H](Cc2c[nH]c3ccccc23)C(=O)N1C. The monoisotopic (exact) mass is 1930 g/mol. The van der Waals surface area contributed by atoms with Crippen LogP contribution in [0.25, 0.3) is 21.8 Å². The number of imidazole rings is 1. The van der Waals surface area contributed by atoms with Gasteiger partial charge < -0.3 is 129 Å². The van der Waals surface area contributed by atoms with Gasteiger partial charge in [0.15, 0.2) is 0 Å². The van der Waals surface area contributed by atoms with Gasteiger partial charge in [-0.25, -0.2) is 4.98 Å². The summed E-state index contributed by atoms with van der Waals surface area (Å²) in [6.07, 6.45) is -0.312. The van der Waals surface area contributed by atoms with Crippen LogP contribution in [-0.4, -0.2) is 334 Å². The van der Waals surface area contributed by atoms with Gasteiger partial charge in [0, 0.05) is 125 Å². The number of aliphatic carboxylic acids is 3. The number of aromatic nitrogens is 4. The molecule has 0 spiro atoms. The van der Waals surface area contributed by atoms with Crippen LogP contribution in [0.3, 0.4) is 0 Å². The maximum Gasteiger partial charge on any atom is 0.305 e. The number of rotatable bonds is 28. The molecule has 6 heterocycles. The van der Waals surface area contributed by atoms with Crippen LogP contribution < -0.4 is 69.4 Å². The third-order valence-electron chi connectivity index (χ3n) is 24.4. The molecule has 0 bridgehead atoms. The van der Waals surface area contributed by atoms with E-state index in [0.717, 1.165) is 36.3 Å². The molecule has 16 amide bonds. The summed E-state index contributed by atoms with van der Waals surface area (Å²) in [6.45, 7) is 3.27. The molecular weight excluding hydrogens is 1800 g/mol. The molecule has 3 fully saturated rings. The van der Waals surface area contributed by atoms with Gasteiger partial charge >= 0.3 is 17.9 Å². The van der Waals surface area contributed by atoms with Gasteiger partial charge in [-0.15, -0.1) is 11.8 Å². The number of carboxylic acid groups (broad SMARTS) is 3. The van der Waals surface area contributed by atoms with Crippen LogP contribution in [0.5, 0.6) is 5.75 Å². The van der Waals surface area contributed by atoms with Gasteiger partial charge in [-0.3, -0.25) is 91.1 Å². The number of aromatic amines is 3. The number of para-hydroxylation sites is 2. The Labute approximate surface area is 792 Å². The van der Waals surface area contributed by atoms with Crippen molar-refractivity contribution < 1.29 is 116 Å². The summed E-state index contributed by atoms with van der Waals surface area (Å²) in [4.78, 5) is 294. The number of hydrogen-bond acceptors (Lipinski definition) is 24. The first-order valence-electron chi connectivity index (χ1n) is 45.3. The average Bonchev–Trinajstić information content (AvgIpc) is 1.77. The number of aliphatic hydroxyl groups is 1. The number of nitrogens with zero attached hydrogens (tertiary/aromatic N) is 6. The molecule has 46 heteroatoms. The number of carbonyl (C=O) groups excluding carboxylic acids is 16. The lowest BCUT2D eigenvalue weighted by Crippen LogP contribution is -2.61. The lowest BCUT2D eigenvalue weighted by molar-refractivity contribution is -0.149. The van der Waals surface area contributed by atoms with Crippen LogP contribution in [-0.2, 0) is 117 Å². The summed E-state index contributed by atoms with van der Waals surface area (Å²) in [5, 5.41) is 69.2. The van der Waals surface area contributed by atoms with E-state index in [4.69, 9.17) is 16.2 Å². The van der Waals surface area contributed by atoms with E-state index in [2.05, 4.69) is 73.1 Å². The van der Waals surface area contributed by atoms with Gasteiger partial charge in [0.1, 0.15) is 90.3 Å². The van der Waals surface area contributed by atoms with Crippen molar-refractivity contribution in [3.05, 3.63) is 120 Å². The highest BCUT2D eigenvalue weighted by molar-refractivity contribution is 8.00. The molecule has 9 rings (SSSR count). The number of methoxy groups -OCH3 is 1. The number of amides is 16.